The molecule has 6 heteroatoms. The van der Waals surface area contributed by atoms with E-state index < -0.39 is 0 Å². The summed E-state index contributed by atoms with van der Waals surface area (Å²) in [7, 11) is 0. The summed E-state index contributed by atoms with van der Waals surface area (Å²) in [5, 5.41) is 4.30. The van der Waals surface area contributed by atoms with Crippen LogP contribution in [-0.2, 0) is 4.79 Å². The lowest BCUT2D eigenvalue weighted by molar-refractivity contribution is -0.128. The molecule has 0 aliphatic carbocycles. The number of nitrogens with zero attached hydrogens (tertiary/aromatic N) is 3. The molecule has 2 aliphatic rings. The quantitative estimate of drug-likeness (QED) is 0.678. The zero-order valence-corrected chi connectivity index (χ0v) is 13.4. The number of hydrogen-bond acceptors (Lipinski definition) is 5. The zero-order chi connectivity index (χ0) is 14.8. The van der Waals surface area contributed by atoms with Crippen LogP contribution in [0.1, 0.15) is 30.7 Å². The summed E-state index contributed by atoms with van der Waals surface area (Å²) >= 11 is 1.44. The second-order valence-corrected chi connectivity index (χ2v) is 6.93. The van der Waals surface area contributed by atoms with Gasteiger partial charge < -0.3 is 10.2 Å². The summed E-state index contributed by atoms with van der Waals surface area (Å²) in [6, 6.07) is 3.05. The number of carbonyl (C=O) groups is 1. The molecule has 2 atom stereocenters. The molecule has 3 rings (SSSR count). The molecular formula is C15H22N4OS. The fraction of sp³-hybridized carbons (Fsp3) is 0.667. The predicted molar refractivity (Wildman–Crippen MR) is 83.4 cm³/mol. The van der Waals surface area contributed by atoms with Gasteiger partial charge in [-0.2, -0.15) is 0 Å². The van der Waals surface area contributed by atoms with Crippen molar-refractivity contribution in [1.82, 2.24) is 20.2 Å². The number of fused-ring (bicyclic) bond motifs is 2. The topological polar surface area (TPSA) is 58.1 Å². The SMILES string of the molecule is Cc1cc(C)nc(SCC(=O)N2CCC3CCC(C2)N3)n1. The van der Waals surface area contributed by atoms with Gasteiger partial charge in [-0.1, -0.05) is 11.8 Å². The number of aromatic nitrogens is 2. The van der Waals surface area contributed by atoms with Crippen molar-refractivity contribution in [2.45, 2.75) is 50.4 Å². The van der Waals surface area contributed by atoms with E-state index in [1.54, 1.807) is 0 Å². The zero-order valence-electron chi connectivity index (χ0n) is 12.6. The van der Waals surface area contributed by atoms with E-state index in [4.69, 9.17) is 0 Å². The Kier molecular flexibility index (Phi) is 4.45. The van der Waals surface area contributed by atoms with Crippen molar-refractivity contribution in [2.75, 3.05) is 18.8 Å². The van der Waals surface area contributed by atoms with Gasteiger partial charge in [-0.3, -0.25) is 4.79 Å². The summed E-state index contributed by atoms with van der Waals surface area (Å²) in [6.07, 6.45) is 3.53. The van der Waals surface area contributed by atoms with Crippen LogP contribution in [0.3, 0.4) is 0 Å². The van der Waals surface area contributed by atoms with Crippen LogP contribution in [0.2, 0.25) is 0 Å². The van der Waals surface area contributed by atoms with Crippen LogP contribution < -0.4 is 5.32 Å². The third kappa shape index (κ3) is 3.74. The highest BCUT2D eigenvalue weighted by Gasteiger charge is 2.30. The van der Waals surface area contributed by atoms with Gasteiger partial charge in [0.1, 0.15) is 0 Å². The first-order valence-corrected chi connectivity index (χ1v) is 8.57. The maximum Gasteiger partial charge on any atom is 0.233 e. The Hall–Kier alpha value is -1.14. The largest absolute Gasteiger partial charge is 0.340 e. The molecule has 1 amide bonds. The average Bonchev–Trinajstić information content (AvgIpc) is 2.74. The van der Waals surface area contributed by atoms with Crippen LogP contribution in [0, 0.1) is 13.8 Å². The second-order valence-electron chi connectivity index (χ2n) is 5.99. The Morgan fingerprint density at radius 3 is 2.76 bits per heavy atom. The Bertz CT molecular complexity index is 516. The monoisotopic (exact) mass is 306 g/mol. The first-order chi connectivity index (χ1) is 10.1. The molecule has 0 radical (unpaired) electrons. The van der Waals surface area contributed by atoms with Gasteiger partial charge in [0.15, 0.2) is 5.16 Å². The van der Waals surface area contributed by atoms with E-state index in [2.05, 4.69) is 15.3 Å². The van der Waals surface area contributed by atoms with Crippen LogP contribution >= 0.6 is 11.8 Å². The number of carbonyl (C=O) groups excluding carboxylic acids is 1. The second kappa shape index (κ2) is 6.32. The molecular weight excluding hydrogens is 284 g/mol. The normalized spacial score (nSPS) is 25.0. The first kappa shape index (κ1) is 14.8. The van der Waals surface area contributed by atoms with E-state index >= 15 is 0 Å². The molecule has 0 spiro atoms. The molecule has 5 nitrogen and oxygen atoms in total. The first-order valence-electron chi connectivity index (χ1n) is 7.59. The lowest BCUT2D eigenvalue weighted by Gasteiger charge is -2.24. The van der Waals surface area contributed by atoms with Gasteiger partial charge in [0.2, 0.25) is 5.91 Å². The van der Waals surface area contributed by atoms with Crippen LogP contribution in [-0.4, -0.2) is 51.7 Å². The van der Waals surface area contributed by atoms with E-state index in [0.29, 0.717) is 23.0 Å². The van der Waals surface area contributed by atoms with E-state index in [-0.39, 0.29) is 5.91 Å². The fourth-order valence-electron chi connectivity index (χ4n) is 3.15. The van der Waals surface area contributed by atoms with Crippen molar-refractivity contribution in [3.05, 3.63) is 17.5 Å². The maximum atomic E-state index is 12.4. The van der Waals surface area contributed by atoms with Gasteiger partial charge in [-0.05, 0) is 39.2 Å². The number of rotatable bonds is 3. The van der Waals surface area contributed by atoms with E-state index in [0.717, 1.165) is 30.9 Å². The number of aryl methyl sites for hydroxylation is 2. The van der Waals surface area contributed by atoms with Gasteiger partial charge in [-0.25, -0.2) is 9.97 Å². The molecule has 21 heavy (non-hydrogen) atoms. The minimum absolute atomic E-state index is 0.206. The van der Waals surface area contributed by atoms with Gasteiger partial charge in [-0.15, -0.1) is 0 Å². The number of amides is 1. The molecule has 2 bridgehead atoms. The average molecular weight is 306 g/mol. The van der Waals surface area contributed by atoms with Crippen molar-refractivity contribution >= 4 is 17.7 Å². The smallest absolute Gasteiger partial charge is 0.233 e. The van der Waals surface area contributed by atoms with Gasteiger partial charge in [0, 0.05) is 36.6 Å². The van der Waals surface area contributed by atoms with Gasteiger partial charge in [0.25, 0.3) is 0 Å². The Labute approximate surface area is 129 Å². The van der Waals surface area contributed by atoms with E-state index in [1.165, 1.54) is 24.6 Å². The molecule has 114 valence electrons. The van der Waals surface area contributed by atoms with Gasteiger partial charge in [0.05, 0.1) is 5.75 Å². The van der Waals surface area contributed by atoms with E-state index in [1.807, 2.05) is 24.8 Å². The van der Waals surface area contributed by atoms with Gasteiger partial charge >= 0.3 is 0 Å². The fourth-order valence-corrected chi connectivity index (χ4v) is 4.00. The van der Waals surface area contributed by atoms with Crippen LogP contribution in [0.5, 0.6) is 0 Å². The van der Waals surface area contributed by atoms with Crippen molar-refractivity contribution < 1.29 is 4.79 Å². The standard InChI is InChI=1S/C15H22N4OS/c1-10-7-11(2)17-15(16-10)21-9-14(20)19-6-5-12-3-4-13(8-19)18-12/h7,12-13,18H,3-6,8-9H2,1-2H3. The third-order valence-corrected chi connectivity index (χ3v) is 4.99. The number of thioether (sulfide) groups is 1. The molecule has 1 aromatic rings. The summed E-state index contributed by atoms with van der Waals surface area (Å²) in [5.74, 6) is 0.636. The van der Waals surface area contributed by atoms with Crippen LogP contribution in [0.25, 0.3) is 0 Å². The molecule has 3 heterocycles. The lowest BCUT2D eigenvalue weighted by atomic mass is 10.1. The summed E-state index contributed by atoms with van der Waals surface area (Å²) in [4.78, 5) is 23.2. The molecule has 1 N–H and O–H groups in total. The van der Waals surface area contributed by atoms with Crippen LogP contribution in [0.15, 0.2) is 11.2 Å². The Morgan fingerprint density at radius 1 is 1.29 bits per heavy atom. The van der Waals surface area contributed by atoms with Crippen molar-refractivity contribution in [1.29, 1.82) is 0 Å². The molecule has 0 saturated carbocycles. The molecule has 2 aliphatic heterocycles. The molecule has 2 saturated heterocycles. The highest BCUT2D eigenvalue weighted by atomic mass is 32.2. The summed E-state index contributed by atoms with van der Waals surface area (Å²) in [6.45, 7) is 5.64. The van der Waals surface area contributed by atoms with Crippen LogP contribution in [0.4, 0.5) is 0 Å². The van der Waals surface area contributed by atoms with E-state index in [9.17, 15) is 4.79 Å². The minimum Gasteiger partial charge on any atom is -0.340 e. The predicted octanol–water partition coefficient (Wildman–Crippen LogP) is 1.54. The summed E-state index contributed by atoms with van der Waals surface area (Å²) in [5.41, 5.74) is 1.91. The highest BCUT2D eigenvalue weighted by Crippen LogP contribution is 2.21. The van der Waals surface area contributed by atoms with Crippen molar-refractivity contribution in [3.63, 3.8) is 0 Å². The Morgan fingerprint density at radius 2 is 2.00 bits per heavy atom. The Balaban J connectivity index is 1.56. The van der Waals surface area contributed by atoms with Crippen molar-refractivity contribution in [3.8, 4) is 0 Å². The highest BCUT2D eigenvalue weighted by molar-refractivity contribution is 7.99. The maximum absolute atomic E-state index is 12.4. The number of likely N-dealkylation sites (tertiary alicyclic amines) is 1. The third-order valence-electron chi connectivity index (χ3n) is 4.16. The number of hydrogen-bond donors (Lipinski definition) is 1. The molecule has 0 aromatic carbocycles. The minimum atomic E-state index is 0.206. The lowest BCUT2D eigenvalue weighted by Crippen LogP contribution is -2.39. The summed E-state index contributed by atoms with van der Waals surface area (Å²) < 4.78 is 0. The van der Waals surface area contributed by atoms with Crippen molar-refractivity contribution in [2.24, 2.45) is 0 Å². The molecule has 1 aromatic heterocycles. The molecule has 2 unspecified atom stereocenters. The number of nitrogens with one attached hydrogen (secondary N) is 1. The molecule has 2 fully saturated rings.